The lowest BCUT2D eigenvalue weighted by atomic mass is 9.47. The Morgan fingerprint density at radius 1 is 0.477 bits per heavy atom. The molecule has 8 aliphatic rings. The lowest BCUT2D eigenvalue weighted by Gasteiger charge is -2.58. The van der Waals surface area contributed by atoms with E-state index in [9.17, 15) is 14.4 Å². The highest BCUT2D eigenvalue weighted by Gasteiger charge is 2.62. The monoisotopic (exact) mass is 1190 g/mol. The summed E-state index contributed by atoms with van der Waals surface area (Å²) in [6, 6.07) is 40.0. The van der Waals surface area contributed by atoms with E-state index in [2.05, 4.69) is 183 Å². The highest BCUT2D eigenvalue weighted by molar-refractivity contribution is 6.74. The number of carbonyl (C=O) groups is 3. The molecule has 0 aliphatic heterocycles. The quantitative estimate of drug-likeness (QED) is 0.0623. The first-order valence-electron chi connectivity index (χ1n) is 34.7. The van der Waals surface area contributed by atoms with Crippen LogP contribution in [0.4, 0.5) is 0 Å². The van der Waals surface area contributed by atoms with Crippen LogP contribution < -0.4 is 0 Å². The zero-order valence-corrected chi connectivity index (χ0v) is 55.6. The number of benzene rings is 8. The van der Waals surface area contributed by atoms with Crippen LogP contribution in [0.3, 0.4) is 0 Å². The Labute approximate surface area is 525 Å². The van der Waals surface area contributed by atoms with Gasteiger partial charge in [0.25, 0.3) is 0 Å². The Hall–Kier alpha value is -5.69. The van der Waals surface area contributed by atoms with Crippen LogP contribution in [0.1, 0.15) is 169 Å². The summed E-state index contributed by atoms with van der Waals surface area (Å²) in [5.41, 5.74) is 6.38. The third kappa shape index (κ3) is 9.20. The van der Waals surface area contributed by atoms with Gasteiger partial charge >= 0.3 is 5.97 Å². The number of esters is 1. The van der Waals surface area contributed by atoms with Gasteiger partial charge in [-0.15, -0.1) is 0 Å². The van der Waals surface area contributed by atoms with E-state index in [0.717, 1.165) is 63.2 Å². The smallest absolute Gasteiger partial charge is 0.302 e. The lowest BCUT2D eigenvalue weighted by molar-refractivity contribution is -0.149. The molecule has 0 saturated heterocycles. The Bertz CT molecular complexity index is 4130. The molecule has 6 fully saturated rings. The van der Waals surface area contributed by atoms with Crippen LogP contribution in [0.2, 0.25) is 18.1 Å². The van der Waals surface area contributed by atoms with Gasteiger partial charge in [0, 0.05) is 44.1 Å². The molecular weight excluding hydrogens is 1090 g/mol. The predicted molar refractivity (Wildman–Crippen MR) is 366 cm³/mol. The van der Waals surface area contributed by atoms with Crippen molar-refractivity contribution in [3.8, 4) is 0 Å². The number of rotatable bonds is 9. The maximum absolute atomic E-state index is 14.4. The van der Waals surface area contributed by atoms with Crippen LogP contribution in [0, 0.1) is 69.0 Å². The van der Waals surface area contributed by atoms with Crippen molar-refractivity contribution in [3.05, 3.63) is 144 Å². The van der Waals surface area contributed by atoms with Crippen LogP contribution in [0.5, 0.6) is 0 Å². The van der Waals surface area contributed by atoms with E-state index in [0.29, 0.717) is 59.6 Å². The number of ketones is 2. The largest absolute Gasteiger partial charge is 0.462 e. The molecule has 5 nitrogen and oxygen atoms in total. The fraction of sp³-hybridized carbons (Fsp3) is 0.524. The van der Waals surface area contributed by atoms with E-state index >= 15 is 0 Å². The summed E-state index contributed by atoms with van der Waals surface area (Å²) in [6.07, 6.45) is 25.0. The molecule has 458 valence electrons. The number of hydrogen-bond acceptors (Lipinski definition) is 5. The lowest BCUT2D eigenvalue weighted by Crippen LogP contribution is -2.52. The van der Waals surface area contributed by atoms with Crippen molar-refractivity contribution in [1.82, 2.24) is 0 Å². The van der Waals surface area contributed by atoms with Crippen LogP contribution in [-0.4, -0.2) is 38.1 Å². The molecule has 8 aliphatic carbocycles. The molecule has 0 bridgehead atoms. The molecule has 0 radical (unpaired) electrons. The summed E-state index contributed by atoms with van der Waals surface area (Å²) in [6.45, 7) is 23.5. The topological polar surface area (TPSA) is 69.7 Å². The second kappa shape index (κ2) is 21.2. The van der Waals surface area contributed by atoms with Crippen molar-refractivity contribution in [2.75, 3.05) is 0 Å². The summed E-state index contributed by atoms with van der Waals surface area (Å²) in [7, 11) is -1.77. The summed E-state index contributed by atoms with van der Waals surface area (Å²) in [5.74, 6) is 5.22. The van der Waals surface area contributed by atoms with Gasteiger partial charge in [-0.05, 0) is 247 Å². The fourth-order valence-corrected chi connectivity index (χ4v) is 23.3. The standard InChI is InChI=1S/C43H54O2Si.C39H42O3/c1-41(2,3)46(6,7)45-32-21-23-42(4)31(26-32)16-18-34-35-19-20-37(43(35,5)24-22-36(34)42)38(44)25-30-14-13-29-12-11-27-9-8-10-28-15-17-33(30)40(29)39(27)28;1-23(40)42-29-17-19-38(2)28(22-29)12-14-31-32-15-16-34(39(32,3)20-18-33(31)38)35(41)21-27-10-9-26-8-7-24-5-4-6-25-11-13-30(27)37(26)36(24)25/h8-17,32,34-37H,18-26H2,1-7H3;4-13,29,31-34H,14-22H2,1-3H3/t32-,34-,35-,36-,37+,42-,43-;29-,31-,32-,33-,34+,38-,39-/m00/s1. The Kier molecular flexibility index (Phi) is 14.1. The van der Waals surface area contributed by atoms with Gasteiger partial charge < -0.3 is 9.16 Å². The van der Waals surface area contributed by atoms with E-state index in [4.69, 9.17) is 9.16 Å². The van der Waals surface area contributed by atoms with Crippen molar-refractivity contribution in [2.45, 2.75) is 201 Å². The van der Waals surface area contributed by atoms with Gasteiger partial charge in [-0.3, -0.25) is 14.4 Å². The number of ether oxygens (including phenoxy) is 1. The van der Waals surface area contributed by atoms with E-state index < -0.39 is 8.32 Å². The zero-order valence-electron chi connectivity index (χ0n) is 54.6. The van der Waals surface area contributed by atoms with Crippen molar-refractivity contribution in [2.24, 2.45) is 69.0 Å². The second-order valence-electron chi connectivity index (χ2n) is 32.5. The van der Waals surface area contributed by atoms with Gasteiger partial charge in [0.1, 0.15) is 17.7 Å². The molecule has 6 saturated carbocycles. The summed E-state index contributed by atoms with van der Waals surface area (Å²) in [4.78, 5) is 40.3. The first kappa shape index (κ1) is 58.7. The maximum atomic E-state index is 14.4. The molecule has 0 N–H and O–H groups in total. The SMILES string of the molecule is CC(=O)O[C@H]1CC[C@@]2(C)C(=CC[C@H]3[C@@H]4CC[C@H](C(=O)Cc5ccc6ccc7cccc8ccc5c6c78)[C@@]4(C)CC[C@@H]32)C1.CC(C)(C)[Si](C)(C)O[C@H]1CC[C@@]2(C)C(=CC[C@H]3[C@@H]4CC[C@H](C(=O)Cc5ccc6ccc7cccc8ccc5c6c78)[C@@]4(C)CC[C@@H]32)C1. The predicted octanol–water partition coefficient (Wildman–Crippen LogP) is 20.9. The van der Waals surface area contributed by atoms with E-state index in [1.165, 1.54) is 140 Å². The van der Waals surface area contributed by atoms with Crippen molar-refractivity contribution >= 4 is 90.5 Å². The molecule has 16 rings (SSSR count). The number of hydrogen-bond donors (Lipinski definition) is 0. The minimum absolute atomic E-state index is 0.0421. The molecule has 0 heterocycles. The molecule has 8 aromatic rings. The summed E-state index contributed by atoms with van der Waals surface area (Å²) >= 11 is 0. The molecule has 0 amide bonds. The van der Waals surface area contributed by atoms with E-state index in [1.54, 1.807) is 5.57 Å². The van der Waals surface area contributed by atoms with Crippen LogP contribution >= 0.6 is 0 Å². The van der Waals surface area contributed by atoms with Crippen LogP contribution in [0.25, 0.3) is 64.6 Å². The second-order valence-corrected chi connectivity index (χ2v) is 37.3. The maximum Gasteiger partial charge on any atom is 0.302 e. The number of carbonyl (C=O) groups excluding carboxylic acids is 3. The number of Topliss-reactive ketones (excluding diaryl/α,β-unsaturated/α-hetero) is 2. The Balaban J connectivity index is 0.000000148. The molecule has 14 atom stereocenters. The highest BCUT2D eigenvalue weighted by Crippen LogP contribution is 2.69. The van der Waals surface area contributed by atoms with Gasteiger partial charge in [0.15, 0.2) is 8.32 Å². The van der Waals surface area contributed by atoms with E-state index in [-0.39, 0.29) is 45.2 Å². The van der Waals surface area contributed by atoms with Crippen molar-refractivity contribution < 1.29 is 23.5 Å². The van der Waals surface area contributed by atoms with Crippen molar-refractivity contribution in [1.29, 1.82) is 0 Å². The fourth-order valence-electron chi connectivity index (χ4n) is 21.9. The molecular formula is C82H96O5Si. The third-order valence-electron chi connectivity index (χ3n) is 27.5. The van der Waals surface area contributed by atoms with Crippen LogP contribution in [0.15, 0.2) is 132 Å². The van der Waals surface area contributed by atoms with E-state index in [1.807, 2.05) is 0 Å². The zero-order chi connectivity index (χ0) is 61.0. The van der Waals surface area contributed by atoms with Gasteiger partial charge in [0.05, 0.1) is 0 Å². The summed E-state index contributed by atoms with van der Waals surface area (Å²) in [5, 5.41) is 15.7. The van der Waals surface area contributed by atoms with Crippen LogP contribution in [-0.2, 0) is 36.4 Å². The molecule has 88 heavy (non-hydrogen) atoms. The Morgan fingerprint density at radius 2 is 0.875 bits per heavy atom. The molecule has 0 spiro atoms. The average molecular weight is 1190 g/mol. The Morgan fingerprint density at radius 3 is 1.31 bits per heavy atom. The minimum Gasteiger partial charge on any atom is -0.462 e. The molecule has 0 unspecified atom stereocenters. The normalized spacial score (nSPS) is 33.7. The number of fused-ring (bicyclic) bond motifs is 10. The number of allylic oxidation sites excluding steroid dienone is 2. The van der Waals surface area contributed by atoms with Gasteiger partial charge in [0.2, 0.25) is 0 Å². The molecule has 0 aromatic heterocycles. The van der Waals surface area contributed by atoms with Gasteiger partial charge in [-0.2, -0.15) is 0 Å². The van der Waals surface area contributed by atoms with Gasteiger partial charge in [-0.1, -0.05) is 181 Å². The first-order valence-corrected chi connectivity index (χ1v) is 37.6. The molecule has 6 heteroatoms. The van der Waals surface area contributed by atoms with Crippen molar-refractivity contribution in [3.63, 3.8) is 0 Å². The molecule has 8 aromatic carbocycles. The average Bonchev–Trinajstić information content (AvgIpc) is 1.35. The third-order valence-corrected chi connectivity index (χ3v) is 32.0. The first-order chi connectivity index (χ1) is 42.1. The summed E-state index contributed by atoms with van der Waals surface area (Å²) < 4.78 is 12.6. The highest BCUT2D eigenvalue weighted by atomic mass is 28.4. The van der Waals surface area contributed by atoms with Gasteiger partial charge in [-0.25, -0.2) is 0 Å². The minimum atomic E-state index is -1.77.